The smallest absolute Gasteiger partial charge is 0.211 e. The molecule has 0 fully saturated rings. The lowest BCUT2D eigenvalue weighted by atomic mass is 9.93. The normalized spacial score (nSPS) is 15.8. The molecule has 0 spiro atoms. The fraction of sp³-hybridized carbons (Fsp3) is 0.875. The largest absolute Gasteiger partial charge is 0.460 e. The molecule has 0 aliphatic rings. The van der Waals surface area contributed by atoms with Gasteiger partial charge < -0.3 is 0 Å². The molecule has 17 heteroatoms. The molecule has 0 aromatic carbocycles. The van der Waals surface area contributed by atoms with Gasteiger partial charge in [-0.1, -0.05) is 0 Å². The monoisotopic (exact) mass is 411 g/mol. The number of nitrogens with zero attached hydrogens (tertiary/aromatic N) is 1. The van der Waals surface area contributed by atoms with Gasteiger partial charge in [0.05, 0.1) is 0 Å². The Hall–Kier alpha value is -1.67. The molecule has 0 aromatic heterocycles. The first-order valence-corrected chi connectivity index (χ1v) is 4.99. The highest BCUT2D eigenvalue weighted by molar-refractivity contribution is 5.34. The Kier molecular flexibility index (Phi) is 5.29. The van der Waals surface area contributed by atoms with Crippen LogP contribution in [-0.4, -0.2) is 47.9 Å². The van der Waals surface area contributed by atoms with Crippen LogP contribution in [0.1, 0.15) is 0 Å². The Labute approximate surface area is 125 Å². The number of hydrogen-bond donors (Lipinski definition) is 0. The van der Waals surface area contributed by atoms with E-state index in [1.54, 1.807) is 0 Å². The van der Waals surface area contributed by atoms with Crippen LogP contribution >= 0.6 is 0 Å². The van der Waals surface area contributed by atoms with Gasteiger partial charge in [0, 0.05) is 0 Å². The molecule has 0 heterocycles. The van der Waals surface area contributed by atoms with E-state index in [0.29, 0.717) is 4.99 Å². The Balaban J connectivity index is 6.54. The van der Waals surface area contributed by atoms with Crippen molar-refractivity contribution in [1.29, 1.82) is 0 Å². The summed E-state index contributed by atoms with van der Waals surface area (Å²) in [5, 5.41) is 0. The Morgan fingerprint density at radius 2 is 0.760 bits per heavy atom. The van der Waals surface area contributed by atoms with Crippen LogP contribution in [0.5, 0.6) is 0 Å². The summed E-state index contributed by atoms with van der Waals surface area (Å²) < 4.78 is 187. The average Bonchev–Trinajstić information content (AvgIpc) is 2.35. The SMILES string of the molecule is O=C=NC(F)(F)C(F)(F)C(F)(F)C(F)(F)C(F)(F)C(F)(F)C(F)(F)F. The molecule has 148 valence electrons. The Morgan fingerprint density at radius 3 is 1.04 bits per heavy atom. The minimum Gasteiger partial charge on any atom is -0.211 e. The van der Waals surface area contributed by atoms with E-state index in [2.05, 4.69) is 0 Å². The fourth-order valence-electron chi connectivity index (χ4n) is 1.09. The van der Waals surface area contributed by atoms with Gasteiger partial charge in [-0.2, -0.15) is 65.9 Å². The zero-order chi connectivity index (χ0) is 20.9. The number of hydrogen-bond acceptors (Lipinski definition) is 2. The topological polar surface area (TPSA) is 29.4 Å². The maximum absolute atomic E-state index is 12.9. The summed E-state index contributed by atoms with van der Waals surface area (Å²) in [4.78, 5) is 10.0. The lowest BCUT2D eigenvalue weighted by Gasteiger charge is -2.40. The summed E-state index contributed by atoms with van der Waals surface area (Å²) in [7, 11) is 0. The molecule has 0 unspecified atom stereocenters. The molecule has 2 nitrogen and oxygen atoms in total. The van der Waals surface area contributed by atoms with Gasteiger partial charge in [0.1, 0.15) is 0 Å². The lowest BCUT2D eigenvalue weighted by Crippen LogP contribution is -2.72. The summed E-state index contributed by atoms with van der Waals surface area (Å²) in [5.41, 5.74) is 0. The quantitative estimate of drug-likeness (QED) is 0.271. The van der Waals surface area contributed by atoms with E-state index in [1.807, 2.05) is 0 Å². The highest BCUT2D eigenvalue weighted by atomic mass is 19.4. The number of rotatable bonds is 6. The van der Waals surface area contributed by atoms with Gasteiger partial charge in [0.25, 0.3) is 0 Å². The van der Waals surface area contributed by atoms with Crippen LogP contribution in [0.2, 0.25) is 0 Å². The summed E-state index contributed by atoms with van der Waals surface area (Å²) in [6, 6.07) is -6.91. The average molecular weight is 411 g/mol. The molecule has 0 aromatic rings. The molecule has 0 radical (unpaired) electrons. The molecular formula is C8F15NO. The van der Waals surface area contributed by atoms with Crippen LogP contribution in [0.3, 0.4) is 0 Å². The first kappa shape index (κ1) is 23.3. The highest BCUT2D eigenvalue weighted by Gasteiger charge is 2.93. The highest BCUT2D eigenvalue weighted by Crippen LogP contribution is 2.62. The van der Waals surface area contributed by atoms with Crippen LogP contribution in [-0.2, 0) is 4.79 Å². The third-order valence-electron chi connectivity index (χ3n) is 2.50. The van der Waals surface area contributed by atoms with Gasteiger partial charge in [0.15, 0.2) is 0 Å². The van der Waals surface area contributed by atoms with Gasteiger partial charge in [0.2, 0.25) is 6.08 Å². The predicted molar refractivity (Wildman–Crippen MR) is 43.9 cm³/mol. The van der Waals surface area contributed by atoms with Gasteiger partial charge >= 0.3 is 41.8 Å². The van der Waals surface area contributed by atoms with E-state index >= 15 is 0 Å². The van der Waals surface area contributed by atoms with Crippen molar-refractivity contribution in [1.82, 2.24) is 0 Å². The van der Waals surface area contributed by atoms with Gasteiger partial charge in [-0.25, -0.2) is 4.79 Å². The molecule has 0 rings (SSSR count). The van der Waals surface area contributed by atoms with Crippen molar-refractivity contribution in [3.63, 3.8) is 0 Å². The first-order chi connectivity index (χ1) is 10.6. The van der Waals surface area contributed by atoms with E-state index in [4.69, 9.17) is 0 Å². The second-order valence-corrected chi connectivity index (χ2v) is 4.11. The molecule has 0 saturated heterocycles. The second kappa shape index (κ2) is 5.67. The van der Waals surface area contributed by atoms with Crippen LogP contribution in [0, 0.1) is 0 Å². The summed E-state index contributed by atoms with van der Waals surface area (Å²) >= 11 is 0. The molecule has 0 aliphatic heterocycles. The van der Waals surface area contributed by atoms with E-state index in [1.165, 1.54) is 0 Å². The second-order valence-electron chi connectivity index (χ2n) is 4.11. The third kappa shape index (κ3) is 2.91. The van der Waals surface area contributed by atoms with E-state index < -0.39 is 47.9 Å². The van der Waals surface area contributed by atoms with Crippen LogP contribution in [0.4, 0.5) is 65.9 Å². The molecule has 0 N–H and O–H groups in total. The molecule has 0 atom stereocenters. The van der Waals surface area contributed by atoms with E-state index in [-0.39, 0.29) is 0 Å². The van der Waals surface area contributed by atoms with Crippen LogP contribution in [0.25, 0.3) is 0 Å². The van der Waals surface area contributed by atoms with Crippen molar-refractivity contribution in [2.75, 3.05) is 0 Å². The predicted octanol–water partition coefficient (Wildman–Crippen LogP) is 4.65. The lowest BCUT2D eigenvalue weighted by molar-refractivity contribution is -0.451. The van der Waals surface area contributed by atoms with Crippen molar-refractivity contribution in [2.24, 2.45) is 4.99 Å². The van der Waals surface area contributed by atoms with Crippen molar-refractivity contribution in [3.05, 3.63) is 0 Å². The van der Waals surface area contributed by atoms with Gasteiger partial charge in [-0.05, 0) is 0 Å². The van der Waals surface area contributed by atoms with E-state index in [0.717, 1.165) is 0 Å². The van der Waals surface area contributed by atoms with Gasteiger partial charge in [-0.3, -0.25) is 0 Å². The maximum Gasteiger partial charge on any atom is 0.460 e. The molecule has 25 heavy (non-hydrogen) atoms. The summed E-state index contributed by atoms with van der Waals surface area (Å²) in [6.07, 6.45) is -8.18. The number of carbonyl (C=O) groups excluding carboxylic acids is 1. The van der Waals surface area contributed by atoms with Crippen molar-refractivity contribution >= 4 is 6.08 Å². The number of alkyl halides is 15. The van der Waals surface area contributed by atoms with Crippen molar-refractivity contribution in [2.45, 2.75) is 41.8 Å². The standard InChI is InChI=1S/C8F15NO/c9-2(10,3(11,12)5(15,16)7(19,20)21)4(13,14)6(17,18)8(22,23)24-1-25. The number of halogens is 15. The first-order valence-electron chi connectivity index (χ1n) is 4.99. The molecule has 0 amide bonds. The molecule has 0 bridgehead atoms. The van der Waals surface area contributed by atoms with Gasteiger partial charge in [-0.15, -0.1) is 4.99 Å². The maximum atomic E-state index is 12.9. The number of isocyanates is 1. The minimum atomic E-state index is -8.38. The molecular weight excluding hydrogens is 411 g/mol. The molecule has 0 saturated carbocycles. The third-order valence-corrected chi connectivity index (χ3v) is 2.50. The number of aliphatic imine (C=N–C) groups is 1. The summed E-state index contributed by atoms with van der Waals surface area (Å²) in [5.74, 6) is -40.8. The van der Waals surface area contributed by atoms with Crippen molar-refractivity contribution < 1.29 is 70.7 Å². The Bertz CT molecular complexity index is 554. The van der Waals surface area contributed by atoms with Crippen LogP contribution < -0.4 is 0 Å². The van der Waals surface area contributed by atoms with Crippen molar-refractivity contribution in [3.8, 4) is 0 Å². The zero-order valence-corrected chi connectivity index (χ0v) is 10.5. The minimum absolute atomic E-state index is 0.518. The zero-order valence-electron chi connectivity index (χ0n) is 10.5. The van der Waals surface area contributed by atoms with E-state index in [9.17, 15) is 70.7 Å². The Morgan fingerprint density at radius 1 is 0.480 bits per heavy atom. The van der Waals surface area contributed by atoms with Crippen LogP contribution in [0.15, 0.2) is 4.99 Å². The molecule has 0 aliphatic carbocycles. The summed E-state index contributed by atoms with van der Waals surface area (Å²) in [6.45, 7) is 0. The fourth-order valence-corrected chi connectivity index (χ4v) is 1.09.